The van der Waals surface area contributed by atoms with Crippen LogP contribution in [0, 0.1) is 19.8 Å². The van der Waals surface area contributed by atoms with E-state index < -0.39 is 0 Å². The Hall–Kier alpha value is -2.34. The van der Waals surface area contributed by atoms with E-state index in [-0.39, 0.29) is 0 Å². The minimum atomic E-state index is 0.315. The van der Waals surface area contributed by atoms with Crippen LogP contribution in [0.2, 0.25) is 0 Å². The van der Waals surface area contributed by atoms with Crippen molar-refractivity contribution in [2.75, 3.05) is 33.3 Å². The number of aryl methyl sites for hydroxylation is 2. The first-order valence-electron chi connectivity index (χ1n) is 10.1. The monoisotopic (exact) mass is 384 g/mol. The first-order chi connectivity index (χ1) is 13.6. The lowest BCUT2D eigenvalue weighted by Gasteiger charge is -2.23. The quantitative estimate of drug-likeness (QED) is 0.585. The molecule has 6 heteroatoms. The zero-order valence-electron chi connectivity index (χ0n) is 17.4. The predicted octanol–water partition coefficient (Wildman–Crippen LogP) is 3.51. The van der Waals surface area contributed by atoms with Gasteiger partial charge in [0.1, 0.15) is 5.76 Å². The van der Waals surface area contributed by atoms with Gasteiger partial charge >= 0.3 is 0 Å². The van der Waals surface area contributed by atoms with E-state index in [9.17, 15) is 0 Å². The van der Waals surface area contributed by atoms with Crippen LogP contribution in [0.1, 0.15) is 41.8 Å². The molecule has 1 fully saturated rings. The molecule has 1 aliphatic rings. The van der Waals surface area contributed by atoms with Crippen molar-refractivity contribution in [3.63, 3.8) is 0 Å². The first kappa shape index (κ1) is 20.4. The molecule has 152 valence electrons. The molecular weight excluding hydrogens is 352 g/mol. The lowest BCUT2D eigenvalue weighted by atomic mass is 10.00. The van der Waals surface area contributed by atoms with Gasteiger partial charge < -0.3 is 19.5 Å². The lowest BCUT2D eigenvalue weighted by Crippen LogP contribution is -2.41. The van der Waals surface area contributed by atoms with E-state index in [0.717, 1.165) is 50.1 Å². The molecule has 28 heavy (non-hydrogen) atoms. The van der Waals surface area contributed by atoms with Gasteiger partial charge in [0.15, 0.2) is 5.96 Å². The third kappa shape index (κ3) is 5.13. The molecule has 6 nitrogen and oxygen atoms in total. The van der Waals surface area contributed by atoms with Crippen molar-refractivity contribution in [2.45, 2.75) is 39.7 Å². The van der Waals surface area contributed by atoms with Crippen molar-refractivity contribution < 1.29 is 9.26 Å². The number of ether oxygens (including phenoxy) is 1. The van der Waals surface area contributed by atoms with E-state index in [4.69, 9.17) is 9.26 Å². The van der Waals surface area contributed by atoms with Crippen molar-refractivity contribution in [2.24, 2.45) is 10.9 Å². The minimum Gasteiger partial charge on any atom is -0.376 e. The average Bonchev–Trinajstić information content (AvgIpc) is 3.29. The molecule has 2 aromatic rings. The summed E-state index contributed by atoms with van der Waals surface area (Å²) in [4.78, 5) is 6.81. The van der Waals surface area contributed by atoms with E-state index in [2.05, 4.69) is 51.6 Å². The van der Waals surface area contributed by atoms with Gasteiger partial charge in [-0.25, -0.2) is 0 Å². The van der Waals surface area contributed by atoms with Gasteiger partial charge in [-0.2, -0.15) is 0 Å². The van der Waals surface area contributed by atoms with Gasteiger partial charge in [0.2, 0.25) is 0 Å². The predicted molar refractivity (Wildman–Crippen MR) is 112 cm³/mol. The van der Waals surface area contributed by atoms with Gasteiger partial charge in [0.05, 0.1) is 18.9 Å². The second-order valence-corrected chi connectivity index (χ2v) is 7.67. The third-order valence-corrected chi connectivity index (χ3v) is 5.41. The molecule has 0 radical (unpaired) electrons. The van der Waals surface area contributed by atoms with Gasteiger partial charge in [-0.15, -0.1) is 0 Å². The van der Waals surface area contributed by atoms with Crippen LogP contribution in [0.5, 0.6) is 0 Å². The summed E-state index contributed by atoms with van der Waals surface area (Å²) in [5, 5.41) is 7.59. The molecule has 0 saturated carbocycles. The van der Waals surface area contributed by atoms with Crippen molar-refractivity contribution in [3.8, 4) is 0 Å². The molecule has 3 rings (SSSR count). The first-order valence-corrected chi connectivity index (χ1v) is 10.1. The Kier molecular flexibility index (Phi) is 7.09. The van der Waals surface area contributed by atoms with Crippen LogP contribution in [0.4, 0.5) is 0 Å². The summed E-state index contributed by atoms with van der Waals surface area (Å²) >= 11 is 0. The third-order valence-electron chi connectivity index (χ3n) is 5.41. The van der Waals surface area contributed by atoms with Crippen molar-refractivity contribution in [1.29, 1.82) is 0 Å². The summed E-state index contributed by atoms with van der Waals surface area (Å²) in [6.45, 7) is 10.4. The zero-order valence-corrected chi connectivity index (χ0v) is 17.4. The van der Waals surface area contributed by atoms with E-state index in [1.165, 1.54) is 11.1 Å². The van der Waals surface area contributed by atoms with Crippen LogP contribution in [0.3, 0.4) is 0 Å². The molecule has 2 heterocycles. The van der Waals surface area contributed by atoms with Crippen molar-refractivity contribution in [3.05, 3.63) is 52.9 Å². The molecule has 0 bridgehead atoms. The number of hydrogen-bond acceptors (Lipinski definition) is 4. The Morgan fingerprint density at radius 3 is 2.82 bits per heavy atom. The summed E-state index contributed by atoms with van der Waals surface area (Å²) in [7, 11) is 1.85. The van der Waals surface area contributed by atoms with E-state index in [1.807, 2.05) is 27.0 Å². The van der Waals surface area contributed by atoms with Gasteiger partial charge in [-0.3, -0.25) is 4.99 Å². The zero-order chi connectivity index (χ0) is 19.9. The Morgan fingerprint density at radius 1 is 1.36 bits per heavy atom. The Bertz CT molecular complexity index is 753. The molecule has 2 atom stereocenters. The number of nitrogens with zero attached hydrogens (tertiary/aromatic N) is 3. The molecule has 0 spiro atoms. The molecule has 0 aliphatic carbocycles. The number of nitrogens with one attached hydrogen (secondary N) is 1. The summed E-state index contributed by atoms with van der Waals surface area (Å²) in [5.74, 6) is 2.72. The molecule has 1 aromatic carbocycles. The largest absolute Gasteiger partial charge is 0.376 e. The SMILES string of the molecule is CN=C(NCC(C)c1c(C)noc1C)N1CCC(COCc2ccccc2)C1. The average molecular weight is 385 g/mol. The molecule has 1 saturated heterocycles. The highest BCUT2D eigenvalue weighted by Gasteiger charge is 2.25. The summed E-state index contributed by atoms with van der Waals surface area (Å²) in [6, 6.07) is 10.3. The van der Waals surface area contributed by atoms with Crippen molar-refractivity contribution >= 4 is 5.96 Å². The maximum atomic E-state index is 5.93. The van der Waals surface area contributed by atoms with Crippen molar-refractivity contribution in [1.82, 2.24) is 15.4 Å². The Morgan fingerprint density at radius 2 is 2.14 bits per heavy atom. The highest BCUT2D eigenvalue weighted by molar-refractivity contribution is 5.80. The number of guanidine groups is 1. The van der Waals surface area contributed by atoms with Crippen LogP contribution >= 0.6 is 0 Å². The van der Waals surface area contributed by atoms with E-state index in [1.54, 1.807) is 0 Å². The molecule has 1 aromatic heterocycles. The standard InChI is InChI=1S/C22H32N4O2/c1-16(21-17(2)25-28-18(21)3)12-24-22(23-4)26-11-10-20(13-26)15-27-14-19-8-6-5-7-9-19/h5-9,16,20H,10-15H2,1-4H3,(H,23,24). The number of aliphatic imine (C=N–C) groups is 1. The second-order valence-electron chi connectivity index (χ2n) is 7.67. The number of benzene rings is 1. The van der Waals surface area contributed by atoms with Gasteiger partial charge in [-0.05, 0) is 25.8 Å². The van der Waals surface area contributed by atoms with Gasteiger partial charge in [0, 0.05) is 44.1 Å². The summed E-state index contributed by atoms with van der Waals surface area (Å²) in [6.07, 6.45) is 1.13. The molecule has 0 amide bonds. The highest BCUT2D eigenvalue weighted by Crippen LogP contribution is 2.23. The fraction of sp³-hybridized carbons (Fsp3) is 0.545. The highest BCUT2D eigenvalue weighted by atomic mass is 16.5. The maximum absolute atomic E-state index is 5.93. The number of likely N-dealkylation sites (tertiary alicyclic amines) is 1. The number of hydrogen-bond donors (Lipinski definition) is 1. The van der Waals surface area contributed by atoms with E-state index in [0.29, 0.717) is 18.4 Å². The fourth-order valence-electron chi connectivity index (χ4n) is 3.95. The number of aromatic nitrogens is 1. The molecule has 1 N–H and O–H groups in total. The molecular formula is C22H32N4O2. The Labute approximate surface area is 168 Å². The van der Waals surface area contributed by atoms with Gasteiger partial charge in [0.25, 0.3) is 0 Å². The fourth-order valence-corrected chi connectivity index (χ4v) is 3.95. The maximum Gasteiger partial charge on any atom is 0.193 e. The summed E-state index contributed by atoms with van der Waals surface area (Å²) < 4.78 is 11.2. The van der Waals surface area contributed by atoms with Crippen LogP contribution in [0.25, 0.3) is 0 Å². The van der Waals surface area contributed by atoms with E-state index >= 15 is 0 Å². The van der Waals surface area contributed by atoms with Gasteiger partial charge in [-0.1, -0.05) is 42.4 Å². The normalized spacial score (nSPS) is 18.5. The topological polar surface area (TPSA) is 62.9 Å². The minimum absolute atomic E-state index is 0.315. The second kappa shape index (κ2) is 9.73. The van der Waals surface area contributed by atoms with Crippen LogP contribution in [-0.4, -0.2) is 49.3 Å². The summed E-state index contributed by atoms with van der Waals surface area (Å²) in [5.41, 5.74) is 3.39. The molecule has 1 aliphatic heterocycles. The van der Waals surface area contributed by atoms with Crippen LogP contribution in [0.15, 0.2) is 39.8 Å². The number of rotatable bonds is 7. The van der Waals surface area contributed by atoms with Crippen LogP contribution in [-0.2, 0) is 11.3 Å². The smallest absolute Gasteiger partial charge is 0.193 e. The lowest BCUT2D eigenvalue weighted by molar-refractivity contribution is 0.0906. The molecule has 2 unspecified atom stereocenters. The Balaban J connectivity index is 1.44. The van der Waals surface area contributed by atoms with Crippen LogP contribution < -0.4 is 5.32 Å².